The molecule has 1 fully saturated rings. The van der Waals surface area contributed by atoms with Crippen LogP contribution in [0.5, 0.6) is 0 Å². The van der Waals surface area contributed by atoms with Crippen molar-refractivity contribution in [2.45, 2.75) is 25.4 Å². The highest BCUT2D eigenvalue weighted by atomic mass is 16.3. The van der Waals surface area contributed by atoms with E-state index >= 15 is 0 Å². The van der Waals surface area contributed by atoms with Crippen LogP contribution < -0.4 is 0 Å². The fraction of sp³-hybridized carbons (Fsp3) is 0.444. The molecule has 1 aromatic rings. The van der Waals surface area contributed by atoms with Gasteiger partial charge < -0.3 is 5.11 Å². The van der Waals surface area contributed by atoms with Crippen LogP contribution in [0.25, 0.3) is 0 Å². The van der Waals surface area contributed by atoms with Crippen molar-refractivity contribution in [1.82, 2.24) is 4.98 Å². The maximum Gasteiger partial charge on any atom is 0.0696 e. The number of hydrogen-bond donors (Lipinski definition) is 1. The maximum atomic E-state index is 8.82. The third-order valence-corrected chi connectivity index (χ3v) is 2.05. The summed E-state index contributed by atoms with van der Waals surface area (Å²) in [5, 5.41) is 8.82. The van der Waals surface area contributed by atoms with Crippen LogP contribution in [0.3, 0.4) is 0 Å². The fourth-order valence-electron chi connectivity index (χ4n) is 1.23. The average Bonchev–Trinajstić information content (AvgIpc) is 2.87. The van der Waals surface area contributed by atoms with E-state index in [1.54, 1.807) is 6.20 Å². The number of pyridine rings is 1. The highest BCUT2D eigenvalue weighted by Gasteiger charge is 2.23. The van der Waals surface area contributed by atoms with E-state index in [9.17, 15) is 0 Å². The first-order valence-electron chi connectivity index (χ1n) is 3.95. The zero-order chi connectivity index (χ0) is 7.68. The molecular weight excluding hydrogens is 138 g/mol. The van der Waals surface area contributed by atoms with E-state index in [2.05, 4.69) is 4.98 Å². The summed E-state index contributed by atoms with van der Waals surface area (Å²) in [5.41, 5.74) is 2.21. The molecule has 58 valence electrons. The largest absolute Gasteiger partial charge is 0.392 e. The monoisotopic (exact) mass is 149 g/mol. The van der Waals surface area contributed by atoms with E-state index in [0.29, 0.717) is 0 Å². The van der Waals surface area contributed by atoms with Gasteiger partial charge in [-0.25, -0.2) is 0 Å². The minimum atomic E-state index is 0.105. The maximum absolute atomic E-state index is 8.82. The van der Waals surface area contributed by atoms with Gasteiger partial charge in [0.1, 0.15) is 0 Å². The number of aliphatic hydroxyl groups is 1. The first kappa shape index (κ1) is 6.80. The van der Waals surface area contributed by atoms with Crippen molar-refractivity contribution < 1.29 is 5.11 Å². The van der Waals surface area contributed by atoms with Crippen LogP contribution in [0.2, 0.25) is 0 Å². The van der Waals surface area contributed by atoms with Gasteiger partial charge in [-0.05, 0) is 29.9 Å². The molecule has 0 spiro atoms. The summed E-state index contributed by atoms with van der Waals surface area (Å²) >= 11 is 0. The fourth-order valence-corrected chi connectivity index (χ4v) is 1.23. The van der Waals surface area contributed by atoms with Gasteiger partial charge in [0.25, 0.3) is 0 Å². The molecule has 0 saturated heterocycles. The minimum absolute atomic E-state index is 0.105. The van der Waals surface area contributed by atoms with Crippen LogP contribution >= 0.6 is 0 Å². The molecule has 2 heteroatoms. The topological polar surface area (TPSA) is 33.1 Å². The molecule has 2 rings (SSSR count). The Hall–Kier alpha value is -0.890. The van der Waals surface area contributed by atoms with E-state index in [1.807, 2.05) is 12.3 Å². The van der Waals surface area contributed by atoms with Gasteiger partial charge in [-0.2, -0.15) is 0 Å². The number of nitrogens with zero attached hydrogens (tertiary/aromatic N) is 1. The van der Waals surface area contributed by atoms with Crippen molar-refractivity contribution in [2.24, 2.45) is 0 Å². The summed E-state index contributed by atoms with van der Waals surface area (Å²) in [4.78, 5) is 4.06. The van der Waals surface area contributed by atoms with Gasteiger partial charge in [0.15, 0.2) is 0 Å². The molecule has 1 heterocycles. The Morgan fingerprint density at radius 2 is 2.27 bits per heavy atom. The second-order valence-corrected chi connectivity index (χ2v) is 3.06. The van der Waals surface area contributed by atoms with Crippen molar-refractivity contribution in [3.8, 4) is 0 Å². The van der Waals surface area contributed by atoms with Gasteiger partial charge in [-0.1, -0.05) is 6.07 Å². The molecule has 0 atom stereocenters. The molecule has 0 unspecified atom stereocenters. The van der Waals surface area contributed by atoms with Crippen LogP contribution in [0, 0.1) is 0 Å². The van der Waals surface area contributed by atoms with E-state index in [1.165, 1.54) is 18.4 Å². The molecule has 0 radical (unpaired) electrons. The number of rotatable bonds is 2. The highest BCUT2D eigenvalue weighted by Crippen LogP contribution is 2.39. The van der Waals surface area contributed by atoms with Crippen LogP contribution in [0.1, 0.15) is 29.9 Å². The van der Waals surface area contributed by atoms with Crippen LogP contribution in [-0.4, -0.2) is 10.1 Å². The molecule has 11 heavy (non-hydrogen) atoms. The molecule has 1 saturated carbocycles. The molecule has 0 bridgehead atoms. The molecule has 1 aliphatic carbocycles. The van der Waals surface area contributed by atoms with Crippen molar-refractivity contribution in [3.63, 3.8) is 0 Å². The minimum Gasteiger partial charge on any atom is -0.392 e. The predicted octanol–water partition coefficient (Wildman–Crippen LogP) is 1.45. The Bertz CT molecular complexity index is 255. The van der Waals surface area contributed by atoms with Crippen LogP contribution in [-0.2, 0) is 6.61 Å². The molecule has 1 aliphatic rings. The van der Waals surface area contributed by atoms with Gasteiger partial charge in [0.05, 0.1) is 6.61 Å². The smallest absolute Gasteiger partial charge is 0.0696 e. The van der Waals surface area contributed by atoms with Crippen LogP contribution in [0.15, 0.2) is 18.5 Å². The summed E-state index contributed by atoms with van der Waals surface area (Å²) < 4.78 is 0. The third kappa shape index (κ3) is 1.40. The van der Waals surface area contributed by atoms with Gasteiger partial charge in [-0.3, -0.25) is 4.98 Å². The first-order chi connectivity index (χ1) is 5.40. The molecule has 0 aromatic carbocycles. The molecule has 1 aromatic heterocycles. The summed E-state index contributed by atoms with van der Waals surface area (Å²) in [6.07, 6.45) is 6.19. The van der Waals surface area contributed by atoms with Crippen molar-refractivity contribution >= 4 is 0 Å². The number of hydrogen-bond acceptors (Lipinski definition) is 2. The second-order valence-electron chi connectivity index (χ2n) is 3.06. The number of aromatic nitrogens is 1. The Morgan fingerprint density at radius 1 is 1.45 bits per heavy atom. The molecule has 2 nitrogen and oxygen atoms in total. The quantitative estimate of drug-likeness (QED) is 0.690. The normalized spacial score (nSPS) is 16.8. The van der Waals surface area contributed by atoms with E-state index in [-0.39, 0.29) is 6.61 Å². The van der Waals surface area contributed by atoms with Crippen molar-refractivity contribution in [2.75, 3.05) is 0 Å². The van der Waals surface area contributed by atoms with Gasteiger partial charge in [-0.15, -0.1) is 0 Å². The van der Waals surface area contributed by atoms with Gasteiger partial charge in [0.2, 0.25) is 0 Å². The zero-order valence-electron chi connectivity index (χ0n) is 6.33. The summed E-state index contributed by atoms with van der Waals surface area (Å²) in [5.74, 6) is 0.731. The first-order valence-corrected chi connectivity index (χ1v) is 3.95. The average molecular weight is 149 g/mol. The molecule has 0 aliphatic heterocycles. The Labute approximate surface area is 65.9 Å². The Balaban J connectivity index is 2.26. The Morgan fingerprint density at radius 3 is 2.91 bits per heavy atom. The van der Waals surface area contributed by atoms with E-state index in [0.717, 1.165) is 11.5 Å². The zero-order valence-corrected chi connectivity index (χ0v) is 6.33. The van der Waals surface area contributed by atoms with Gasteiger partial charge >= 0.3 is 0 Å². The summed E-state index contributed by atoms with van der Waals surface area (Å²) in [7, 11) is 0. The molecule has 0 amide bonds. The SMILES string of the molecule is OCc1cncc(C2CC2)c1. The van der Waals surface area contributed by atoms with Crippen molar-refractivity contribution in [3.05, 3.63) is 29.6 Å². The third-order valence-electron chi connectivity index (χ3n) is 2.05. The molecular formula is C9H11NO. The van der Waals surface area contributed by atoms with E-state index in [4.69, 9.17) is 5.11 Å². The number of aliphatic hydroxyl groups excluding tert-OH is 1. The lowest BCUT2D eigenvalue weighted by Gasteiger charge is -1.98. The van der Waals surface area contributed by atoms with E-state index < -0.39 is 0 Å². The highest BCUT2D eigenvalue weighted by molar-refractivity contribution is 5.24. The lowest BCUT2D eigenvalue weighted by Crippen LogP contribution is -1.88. The predicted molar refractivity (Wildman–Crippen MR) is 42.1 cm³/mol. The standard InChI is InChI=1S/C9H11NO/c11-6-7-3-9(5-10-4-7)8-1-2-8/h3-5,8,11H,1-2,6H2. The summed E-state index contributed by atoms with van der Waals surface area (Å²) in [6.45, 7) is 0.105. The lowest BCUT2D eigenvalue weighted by molar-refractivity contribution is 0.281. The van der Waals surface area contributed by atoms with Gasteiger partial charge in [0, 0.05) is 12.4 Å². The Kier molecular flexibility index (Phi) is 1.62. The van der Waals surface area contributed by atoms with Crippen molar-refractivity contribution in [1.29, 1.82) is 0 Å². The summed E-state index contributed by atoms with van der Waals surface area (Å²) in [6, 6.07) is 2.05. The second kappa shape index (κ2) is 2.62. The lowest BCUT2D eigenvalue weighted by atomic mass is 10.1. The molecule has 1 N–H and O–H groups in total. The van der Waals surface area contributed by atoms with Crippen LogP contribution in [0.4, 0.5) is 0 Å².